The van der Waals surface area contributed by atoms with Gasteiger partial charge in [0.2, 0.25) is 0 Å². The Kier molecular flexibility index (Phi) is 7.80. The van der Waals surface area contributed by atoms with Crippen molar-refractivity contribution in [1.29, 1.82) is 0 Å². The van der Waals surface area contributed by atoms with Crippen LogP contribution in [0.1, 0.15) is 59.2 Å². The zero-order chi connectivity index (χ0) is 29.4. The molecule has 0 saturated heterocycles. The molecule has 1 amide bonds. The molecular formula is C29H28F3N3O5S. The van der Waals surface area contributed by atoms with Crippen LogP contribution in [-0.2, 0) is 16.3 Å². The van der Waals surface area contributed by atoms with Crippen LogP contribution in [0.15, 0.2) is 71.6 Å². The Labute approximate surface area is 234 Å². The van der Waals surface area contributed by atoms with Gasteiger partial charge in [-0.2, -0.15) is 0 Å². The number of carbonyl (C=O) groups is 1. The van der Waals surface area contributed by atoms with Crippen LogP contribution in [0.4, 0.5) is 13.2 Å². The largest absolute Gasteiger partial charge is 0.573 e. The molecule has 8 nitrogen and oxygen atoms in total. The van der Waals surface area contributed by atoms with E-state index in [1.54, 1.807) is 43.3 Å². The molecule has 3 aromatic carbocycles. The third-order valence-corrected chi connectivity index (χ3v) is 8.72. The Morgan fingerprint density at radius 1 is 1.10 bits per heavy atom. The second-order valence-corrected chi connectivity index (χ2v) is 12.2. The minimum atomic E-state index is -4.76. The van der Waals surface area contributed by atoms with E-state index in [2.05, 4.69) is 14.6 Å². The summed E-state index contributed by atoms with van der Waals surface area (Å²) < 4.78 is 67.7. The van der Waals surface area contributed by atoms with Gasteiger partial charge in [-0.25, -0.2) is 13.4 Å². The lowest BCUT2D eigenvalue weighted by molar-refractivity contribution is -0.274. The van der Waals surface area contributed by atoms with Crippen LogP contribution in [0.2, 0.25) is 0 Å². The van der Waals surface area contributed by atoms with Gasteiger partial charge in [-0.3, -0.25) is 4.79 Å². The quantitative estimate of drug-likeness (QED) is 0.267. The molecule has 0 bridgehead atoms. The van der Waals surface area contributed by atoms with E-state index in [0.717, 1.165) is 29.7 Å². The van der Waals surface area contributed by atoms with Crippen LogP contribution in [0.3, 0.4) is 0 Å². The smallest absolute Gasteiger partial charge is 0.406 e. The fraction of sp³-hybridized carbons (Fsp3) is 0.310. The van der Waals surface area contributed by atoms with Gasteiger partial charge in [-0.15, -0.1) is 13.2 Å². The molecule has 0 unspecified atom stereocenters. The van der Waals surface area contributed by atoms with Crippen molar-refractivity contribution in [2.24, 2.45) is 0 Å². The maximum absolute atomic E-state index is 13.1. The maximum atomic E-state index is 13.1. The molecule has 1 atom stereocenters. The molecule has 216 valence electrons. The molecule has 41 heavy (non-hydrogen) atoms. The van der Waals surface area contributed by atoms with Crippen LogP contribution < -0.4 is 10.1 Å². The van der Waals surface area contributed by atoms with Gasteiger partial charge in [0.1, 0.15) is 11.6 Å². The fourth-order valence-corrected chi connectivity index (χ4v) is 5.58. The van der Waals surface area contributed by atoms with Gasteiger partial charge < -0.3 is 19.7 Å². The summed E-state index contributed by atoms with van der Waals surface area (Å²) in [5, 5.41) is 12.7. The molecule has 4 aromatic rings. The van der Waals surface area contributed by atoms with Crippen molar-refractivity contribution >= 4 is 26.8 Å². The molecule has 1 heterocycles. The number of benzene rings is 3. The Morgan fingerprint density at radius 2 is 1.78 bits per heavy atom. The van der Waals surface area contributed by atoms with Gasteiger partial charge >= 0.3 is 6.36 Å². The predicted octanol–water partition coefficient (Wildman–Crippen LogP) is 5.12. The molecule has 1 saturated carbocycles. The van der Waals surface area contributed by atoms with E-state index in [1.165, 1.54) is 24.3 Å². The fourth-order valence-electron chi connectivity index (χ4n) is 4.70. The minimum absolute atomic E-state index is 0.0313. The van der Waals surface area contributed by atoms with Crippen LogP contribution in [0.25, 0.3) is 11.0 Å². The van der Waals surface area contributed by atoms with Gasteiger partial charge in [-0.1, -0.05) is 31.2 Å². The molecule has 5 rings (SSSR count). The highest BCUT2D eigenvalue weighted by Crippen LogP contribution is 2.39. The minimum Gasteiger partial charge on any atom is -0.406 e. The number of hydrogen-bond donors (Lipinski definition) is 2. The third kappa shape index (κ3) is 6.54. The zero-order valence-electron chi connectivity index (χ0n) is 22.1. The summed E-state index contributed by atoms with van der Waals surface area (Å²) in [5.74, 6) is -0.0224. The maximum Gasteiger partial charge on any atom is 0.573 e. The molecule has 2 N–H and O–H groups in total. The van der Waals surface area contributed by atoms with Crippen molar-refractivity contribution in [3.63, 3.8) is 0 Å². The Morgan fingerprint density at radius 3 is 2.37 bits per heavy atom. The number of alkyl halides is 3. The first-order valence-electron chi connectivity index (χ1n) is 13.1. The van der Waals surface area contributed by atoms with E-state index >= 15 is 0 Å². The standard InChI is InChI=1S/C29H28F3N3O5S/c1-2-41(38,39)23-12-5-19(6-13-23)25(17-36)34-28(37)20-7-14-26-24(16-20)33-27(35(26)21-8-9-21)15-18-3-10-22(11-4-18)40-29(30,31)32/h3-7,10-14,16,21,25,36H,2,8-9,15,17H2,1H3,(H,34,37)/t25-/m0/s1. The van der Waals surface area contributed by atoms with Crippen molar-refractivity contribution < 1.29 is 36.2 Å². The van der Waals surface area contributed by atoms with Crippen molar-refractivity contribution in [1.82, 2.24) is 14.9 Å². The normalized spacial score (nSPS) is 14.7. The van der Waals surface area contributed by atoms with Crippen molar-refractivity contribution in [2.45, 2.75) is 49.5 Å². The van der Waals surface area contributed by atoms with Gasteiger partial charge in [0, 0.05) is 18.0 Å². The number of aliphatic hydroxyl groups excluding tert-OH is 1. The molecule has 1 aliphatic rings. The topological polar surface area (TPSA) is 111 Å². The first kappa shape index (κ1) is 28.6. The monoisotopic (exact) mass is 587 g/mol. The number of hydrogen-bond acceptors (Lipinski definition) is 6. The number of ether oxygens (including phenoxy) is 1. The van der Waals surface area contributed by atoms with E-state index in [-0.39, 0.29) is 29.0 Å². The van der Waals surface area contributed by atoms with Gasteiger partial charge in [0.25, 0.3) is 5.91 Å². The molecule has 1 fully saturated rings. The predicted molar refractivity (Wildman–Crippen MR) is 145 cm³/mol. The number of carbonyl (C=O) groups excluding carboxylic acids is 1. The highest BCUT2D eigenvalue weighted by molar-refractivity contribution is 7.91. The van der Waals surface area contributed by atoms with Gasteiger partial charge in [0.15, 0.2) is 9.84 Å². The van der Waals surface area contributed by atoms with Crippen molar-refractivity contribution in [3.05, 3.63) is 89.2 Å². The Balaban J connectivity index is 1.35. The number of amides is 1. The van der Waals surface area contributed by atoms with Crippen molar-refractivity contribution in [3.8, 4) is 5.75 Å². The molecule has 0 spiro atoms. The van der Waals surface area contributed by atoms with E-state index in [4.69, 9.17) is 4.98 Å². The lowest BCUT2D eigenvalue weighted by Crippen LogP contribution is -2.30. The molecule has 12 heteroatoms. The molecule has 0 aliphatic heterocycles. The molecule has 1 aliphatic carbocycles. The van der Waals surface area contributed by atoms with Crippen LogP contribution in [0.5, 0.6) is 5.75 Å². The third-order valence-electron chi connectivity index (χ3n) is 6.97. The summed E-state index contributed by atoms with van der Waals surface area (Å²) in [7, 11) is -3.37. The van der Waals surface area contributed by atoms with Gasteiger partial charge in [0.05, 0.1) is 34.3 Å². The molecule has 1 aromatic heterocycles. The average molecular weight is 588 g/mol. The molecular weight excluding hydrogens is 559 g/mol. The van der Waals surface area contributed by atoms with E-state index in [1.807, 2.05) is 6.07 Å². The number of sulfone groups is 1. The summed E-state index contributed by atoms with van der Waals surface area (Å²) in [6.45, 7) is 1.17. The number of aliphatic hydroxyl groups is 1. The number of nitrogens with zero attached hydrogens (tertiary/aromatic N) is 2. The number of fused-ring (bicyclic) bond motifs is 1. The summed E-state index contributed by atoms with van der Waals surface area (Å²) in [5.41, 5.74) is 3.11. The highest BCUT2D eigenvalue weighted by Gasteiger charge is 2.31. The Bertz CT molecular complexity index is 1660. The van der Waals surface area contributed by atoms with Gasteiger partial charge in [-0.05, 0) is 66.4 Å². The summed E-state index contributed by atoms with van der Waals surface area (Å²) in [4.78, 5) is 18.0. The molecule has 0 radical (unpaired) electrons. The number of rotatable bonds is 10. The summed E-state index contributed by atoms with van der Waals surface area (Å²) >= 11 is 0. The number of aromatic nitrogens is 2. The lowest BCUT2D eigenvalue weighted by atomic mass is 10.1. The highest BCUT2D eigenvalue weighted by atomic mass is 32.2. The number of nitrogens with one attached hydrogen (secondary N) is 1. The average Bonchev–Trinajstić information content (AvgIpc) is 3.72. The zero-order valence-corrected chi connectivity index (χ0v) is 22.9. The van der Waals surface area contributed by atoms with Crippen molar-refractivity contribution in [2.75, 3.05) is 12.4 Å². The second-order valence-electron chi connectivity index (χ2n) is 9.88. The van der Waals surface area contributed by atoms with E-state index in [9.17, 15) is 31.5 Å². The number of halogens is 3. The van der Waals surface area contributed by atoms with E-state index in [0.29, 0.717) is 23.1 Å². The van der Waals surface area contributed by atoms with Crippen LogP contribution >= 0.6 is 0 Å². The summed E-state index contributed by atoms with van der Waals surface area (Å²) in [6, 6.07) is 16.4. The SMILES string of the molecule is CCS(=O)(=O)c1ccc([C@H](CO)NC(=O)c2ccc3c(c2)nc(Cc2ccc(OC(F)(F)F)cc2)n3C2CC2)cc1. The first-order valence-corrected chi connectivity index (χ1v) is 14.7. The first-order chi connectivity index (χ1) is 19.5. The number of imidazole rings is 1. The second kappa shape index (κ2) is 11.2. The van der Waals surface area contributed by atoms with E-state index < -0.39 is 28.1 Å². The summed E-state index contributed by atoms with van der Waals surface area (Å²) in [6.07, 6.45) is -2.41. The Hall–Kier alpha value is -3.90. The van der Waals surface area contributed by atoms with Crippen LogP contribution in [-0.4, -0.2) is 47.7 Å². The van der Waals surface area contributed by atoms with Crippen LogP contribution in [0, 0.1) is 0 Å². The lowest BCUT2D eigenvalue weighted by Gasteiger charge is -2.17.